The standard InChI is InChI=1S/C25H28N4O2S/c1-31-21-11-9-19(10-12-21)22-7-3-4-8-23(22)28-24(30)20-6-5-13-29(17-20)16-18-14-26-25(32-2)27-15-18/h3-4,7-12,14-15,20H,5-6,13,16-17H2,1-2H3,(H,28,30). The number of benzene rings is 2. The third kappa shape index (κ3) is 5.47. The summed E-state index contributed by atoms with van der Waals surface area (Å²) in [6.07, 6.45) is 7.63. The lowest BCUT2D eigenvalue weighted by molar-refractivity contribution is -0.121. The molecule has 1 saturated heterocycles. The maximum Gasteiger partial charge on any atom is 0.228 e. The van der Waals surface area contributed by atoms with Gasteiger partial charge in [-0.2, -0.15) is 0 Å². The summed E-state index contributed by atoms with van der Waals surface area (Å²) >= 11 is 1.54. The molecule has 166 valence electrons. The van der Waals surface area contributed by atoms with Gasteiger partial charge in [0.15, 0.2) is 5.16 Å². The van der Waals surface area contributed by atoms with Gasteiger partial charge in [-0.25, -0.2) is 9.97 Å². The molecule has 7 heteroatoms. The van der Waals surface area contributed by atoms with E-state index in [9.17, 15) is 4.79 Å². The fourth-order valence-corrected chi connectivity index (χ4v) is 4.37. The van der Waals surface area contributed by atoms with Crippen molar-refractivity contribution < 1.29 is 9.53 Å². The molecule has 2 heterocycles. The van der Waals surface area contributed by atoms with Gasteiger partial charge in [0.05, 0.1) is 13.0 Å². The number of amides is 1. The maximum atomic E-state index is 13.1. The number of rotatable bonds is 7. The van der Waals surface area contributed by atoms with Crippen LogP contribution in [0.3, 0.4) is 0 Å². The van der Waals surface area contributed by atoms with E-state index in [-0.39, 0.29) is 11.8 Å². The fourth-order valence-electron chi connectivity index (χ4n) is 4.05. The van der Waals surface area contributed by atoms with Crippen molar-refractivity contribution in [2.75, 3.05) is 31.8 Å². The van der Waals surface area contributed by atoms with Crippen molar-refractivity contribution in [3.63, 3.8) is 0 Å². The molecular formula is C25H28N4O2S. The first-order chi connectivity index (χ1) is 15.7. The quantitative estimate of drug-likeness (QED) is 0.417. The molecule has 1 aliphatic heterocycles. The van der Waals surface area contributed by atoms with Gasteiger partial charge < -0.3 is 10.1 Å². The van der Waals surface area contributed by atoms with Crippen molar-refractivity contribution in [3.8, 4) is 16.9 Å². The number of carbonyl (C=O) groups is 1. The molecule has 1 N–H and O–H groups in total. The number of anilines is 1. The Labute approximate surface area is 193 Å². The summed E-state index contributed by atoms with van der Waals surface area (Å²) in [5, 5.41) is 3.96. The van der Waals surface area contributed by atoms with E-state index in [0.717, 1.165) is 65.8 Å². The van der Waals surface area contributed by atoms with E-state index in [2.05, 4.69) is 20.2 Å². The molecule has 6 nitrogen and oxygen atoms in total. The number of thioether (sulfide) groups is 1. The number of carbonyl (C=O) groups excluding carboxylic acids is 1. The molecular weight excluding hydrogens is 420 g/mol. The number of hydrogen-bond donors (Lipinski definition) is 1. The second-order valence-corrected chi connectivity index (χ2v) is 8.69. The fraction of sp³-hybridized carbons (Fsp3) is 0.320. The first-order valence-corrected chi connectivity index (χ1v) is 12.0. The van der Waals surface area contributed by atoms with Gasteiger partial charge in [-0.15, -0.1) is 0 Å². The monoisotopic (exact) mass is 448 g/mol. The summed E-state index contributed by atoms with van der Waals surface area (Å²) in [4.78, 5) is 24.2. The van der Waals surface area contributed by atoms with Gasteiger partial charge >= 0.3 is 0 Å². The second kappa shape index (κ2) is 10.6. The van der Waals surface area contributed by atoms with Gasteiger partial charge in [-0.1, -0.05) is 42.1 Å². The molecule has 0 aliphatic carbocycles. The smallest absolute Gasteiger partial charge is 0.228 e. The van der Waals surface area contributed by atoms with E-state index in [4.69, 9.17) is 4.74 Å². The van der Waals surface area contributed by atoms with Crippen LogP contribution in [0.2, 0.25) is 0 Å². The van der Waals surface area contributed by atoms with Crippen molar-refractivity contribution in [3.05, 3.63) is 66.5 Å². The minimum absolute atomic E-state index is 0.0425. The first kappa shape index (κ1) is 22.3. The minimum atomic E-state index is -0.0425. The first-order valence-electron chi connectivity index (χ1n) is 10.8. The Morgan fingerprint density at radius 2 is 1.91 bits per heavy atom. The lowest BCUT2D eigenvalue weighted by Gasteiger charge is -2.32. The average Bonchev–Trinajstić information content (AvgIpc) is 2.85. The Morgan fingerprint density at radius 1 is 1.16 bits per heavy atom. The number of methoxy groups -OCH3 is 1. The molecule has 4 rings (SSSR count). The number of nitrogens with zero attached hydrogens (tertiary/aromatic N) is 3. The summed E-state index contributed by atoms with van der Waals surface area (Å²) in [5.74, 6) is 0.842. The van der Waals surface area contributed by atoms with Crippen LogP contribution in [0.4, 0.5) is 5.69 Å². The molecule has 3 aromatic rings. The molecule has 1 aliphatic rings. The van der Waals surface area contributed by atoms with Crippen LogP contribution >= 0.6 is 11.8 Å². The molecule has 1 aromatic heterocycles. The highest BCUT2D eigenvalue weighted by Crippen LogP contribution is 2.30. The van der Waals surface area contributed by atoms with Crippen molar-refractivity contribution in [1.29, 1.82) is 0 Å². The van der Waals surface area contributed by atoms with Crippen LogP contribution in [0.15, 0.2) is 66.1 Å². The molecule has 32 heavy (non-hydrogen) atoms. The van der Waals surface area contributed by atoms with E-state index in [1.165, 1.54) is 11.8 Å². The molecule has 0 spiro atoms. The van der Waals surface area contributed by atoms with Crippen LogP contribution in [-0.2, 0) is 11.3 Å². The van der Waals surface area contributed by atoms with Gasteiger partial charge in [-0.3, -0.25) is 9.69 Å². The van der Waals surface area contributed by atoms with Crippen molar-refractivity contribution in [2.45, 2.75) is 24.5 Å². The summed E-state index contributed by atoms with van der Waals surface area (Å²) in [6, 6.07) is 15.8. The molecule has 1 atom stereocenters. The highest BCUT2D eigenvalue weighted by Gasteiger charge is 2.26. The molecule has 0 saturated carbocycles. The van der Waals surface area contributed by atoms with Gasteiger partial charge in [-0.05, 0) is 49.4 Å². The molecule has 1 unspecified atom stereocenters. The lowest BCUT2D eigenvalue weighted by atomic mass is 9.96. The number of aromatic nitrogens is 2. The van der Waals surface area contributed by atoms with E-state index in [0.29, 0.717) is 0 Å². The van der Waals surface area contributed by atoms with Gasteiger partial charge in [0.1, 0.15) is 5.75 Å². The minimum Gasteiger partial charge on any atom is -0.497 e. The Bertz CT molecular complexity index is 1040. The third-order valence-corrected chi connectivity index (χ3v) is 6.31. The Kier molecular flexibility index (Phi) is 7.39. The van der Waals surface area contributed by atoms with Crippen LogP contribution in [0.1, 0.15) is 18.4 Å². The summed E-state index contributed by atoms with van der Waals surface area (Å²) < 4.78 is 5.26. The van der Waals surface area contributed by atoms with Gasteiger partial charge in [0.2, 0.25) is 5.91 Å². The predicted molar refractivity (Wildman–Crippen MR) is 129 cm³/mol. The normalized spacial score (nSPS) is 16.5. The van der Waals surface area contributed by atoms with Crippen molar-refractivity contribution in [1.82, 2.24) is 14.9 Å². The highest BCUT2D eigenvalue weighted by atomic mass is 32.2. The number of ether oxygens (including phenoxy) is 1. The number of nitrogens with one attached hydrogen (secondary N) is 1. The van der Waals surface area contributed by atoms with Crippen LogP contribution in [0, 0.1) is 5.92 Å². The number of para-hydroxylation sites is 1. The molecule has 1 amide bonds. The van der Waals surface area contributed by atoms with Crippen LogP contribution in [0.25, 0.3) is 11.1 Å². The van der Waals surface area contributed by atoms with E-state index in [1.54, 1.807) is 7.11 Å². The van der Waals surface area contributed by atoms with Gasteiger partial charge in [0, 0.05) is 42.3 Å². The third-order valence-electron chi connectivity index (χ3n) is 5.73. The molecule has 0 bridgehead atoms. The predicted octanol–water partition coefficient (Wildman–Crippen LogP) is 4.72. The SMILES string of the molecule is COc1ccc(-c2ccccc2NC(=O)C2CCCN(Cc3cnc(SC)nc3)C2)cc1. The molecule has 1 fully saturated rings. The van der Waals surface area contributed by atoms with Crippen molar-refractivity contribution in [2.24, 2.45) is 5.92 Å². The Hall–Kier alpha value is -2.90. The van der Waals surface area contributed by atoms with E-state index >= 15 is 0 Å². The van der Waals surface area contributed by atoms with Crippen molar-refractivity contribution >= 4 is 23.4 Å². The zero-order valence-corrected chi connectivity index (χ0v) is 19.3. The van der Waals surface area contributed by atoms with Crippen LogP contribution in [0.5, 0.6) is 5.75 Å². The summed E-state index contributed by atoms with van der Waals surface area (Å²) in [5.41, 5.74) is 3.96. The van der Waals surface area contributed by atoms with E-state index in [1.807, 2.05) is 67.2 Å². The summed E-state index contributed by atoms with van der Waals surface area (Å²) in [6.45, 7) is 2.48. The number of hydrogen-bond acceptors (Lipinski definition) is 6. The largest absolute Gasteiger partial charge is 0.497 e. The average molecular weight is 449 g/mol. The van der Waals surface area contributed by atoms with E-state index < -0.39 is 0 Å². The maximum absolute atomic E-state index is 13.1. The zero-order valence-electron chi connectivity index (χ0n) is 18.5. The number of likely N-dealkylation sites (tertiary alicyclic amines) is 1. The molecule has 0 radical (unpaired) electrons. The Morgan fingerprint density at radius 3 is 2.62 bits per heavy atom. The second-order valence-electron chi connectivity index (χ2n) is 7.92. The van der Waals surface area contributed by atoms with Crippen LogP contribution < -0.4 is 10.1 Å². The molecule has 2 aromatic carbocycles. The topological polar surface area (TPSA) is 67.3 Å². The highest BCUT2D eigenvalue weighted by molar-refractivity contribution is 7.98. The summed E-state index contributed by atoms with van der Waals surface area (Å²) in [7, 11) is 1.66. The van der Waals surface area contributed by atoms with Crippen LogP contribution in [-0.4, -0.2) is 47.2 Å². The van der Waals surface area contributed by atoms with Gasteiger partial charge in [0.25, 0.3) is 0 Å². The number of piperidine rings is 1. The Balaban J connectivity index is 1.42. The lowest BCUT2D eigenvalue weighted by Crippen LogP contribution is -2.40. The zero-order chi connectivity index (χ0) is 22.3.